The van der Waals surface area contributed by atoms with Crippen LogP contribution in [-0.4, -0.2) is 59.7 Å². The second kappa shape index (κ2) is 6.70. The Morgan fingerprint density at radius 1 is 0.957 bits per heavy atom. The van der Waals surface area contributed by atoms with E-state index in [2.05, 4.69) is 21.2 Å². The number of nitrogens with zero attached hydrogens (tertiary/aromatic N) is 2. The van der Waals surface area contributed by atoms with Gasteiger partial charge in [0.15, 0.2) is 0 Å². The molecule has 1 saturated carbocycles. The van der Waals surface area contributed by atoms with Gasteiger partial charge in [-0.25, -0.2) is 0 Å². The van der Waals surface area contributed by atoms with Crippen LogP contribution in [0.15, 0.2) is 28.7 Å². The van der Waals surface area contributed by atoms with E-state index in [-0.39, 0.29) is 11.9 Å². The highest BCUT2D eigenvalue weighted by Gasteiger charge is 2.31. The van der Waals surface area contributed by atoms with E-state index in [0.717, 1.165) is 17.3 Å². The number of nitrogens with one attached hydrogen (secondary N) is 1. The third-order valence-corrected chi connectivity index (χ3v) is 4.58. The molecule has 7 heteroatoms. The van der Waals surface area contributed by atoms with Crippen molar-refractivity contribution < 1.29 is 14.4 Å². The Morgan fingerprint density at radius 3 is 2.09 bits per heavy atom. The van der Waals surface area contributed by atoms with Gasteiger partial charge >= 0.3 is 11.8 Å². The van der Waals surface area contributed by atoms with Gasteiger partial charge in [0.25, 0.3) is 5.91 Å². The lowest BCUT2D eigenvalue weighted by atomic mass is 10.2. The van der Waals surface area contributed by atoms with Gasteiger partial charge in [0.1, 0.15) is 0 Å². The first-order valence-corrected chi connectivity index (χ1v) is 8.48. The number of hydrogen-bond acceptors (Lipinski definition) is 3. The van der Waals surface area contributed by atoms with Gasteiger partial charge in [-0.1, -0.05) is 15.9 Å². The molecule has 1 aliphatic heterocycles. The lowest BCUT2D eigenvalue weighted by molar-refractivity contribution is -0.146. The molecule has 1 aromatic rings. The van der Waals surface area contributed by atoms with Crippen molar-refractivity contribution in [3.63, 3.8) is 0 Å². The Bertz CT molecular complexity index is 620. The van der Waals surface area contributed by atoms with E-state index in [9.17, 15) is 14.4 Å². The van der Waals surface area contributed by atoms with Crippen LogP contribution < -0.4 is 5.32 Å². The van der Waals surface area contributed by atoms with Crippen LogP contribution >= 0.6 is 15.9 Å². The second-order valence-electron chi connectivity index (χ2n) is 5.84. The van der Waals surface area contributed by atoms with Crippen molar-refractivity contribution >= 4 is 33.7 Å². The Morgan fingerprint density at radius 2 is 1.52 bits per heavy atom. The van der Waals surface area contributed by atoms with Crippen LogP contribution in [0.4, 0.5) is 0 Å². The highest BCUT2D eigenvalue weighted by Crippen LogP contribution is 2.18. The summed E-state index contributed by atoms with van der Waals surface area (Å²) < 4.78 is 0.922. The molecule has 1 aromatic carbocycles. The molecule has 0 aromatic heterocycles. The zero-order chi connectivity index (χ0) is 16.4. The second-order valence-corrected chi connectivity index (χ2v) is 6.75. The molecule has 1 saturated heterocycles. The summed E-state index contributed by atoms with van der Waals surface area (Å²) >= 11 is 3.34. The summed E-state index contributed by atoms with van der Waals surface area (Å²) in [6.45, 7) is 1.66. The molecule has 122 valence electrons. The molecule has 3 amide bonds. The maximum Gasteiger partial charge on any atom is 0.312 e. The van der Waals surface area contributed by atoms with Crippen LogP contribution in [0.3, 0.4) is 0 Å². The van der Waals surface area contributed by atoms with Crippen LogP contribution in [0.5, 0.6) is 0 Å². The summed E-state index contributed by atoms with van der Waals surface area (Å²) in [5, 5.41) is 2.70. The van der Waals surface area contributed by atoms with Gasteiger partial charge in [0.2, 0.25) is 0 Å². The summed E-state index contributed by atoms with van der Waals surface area (Å²) in [5.74, 6) is -1.07. The lowest BCUT2D eigenvalue weighted by Crippen LogP contribution is -2.54. The van der Waals surface area contributed by atoms with Crippen molar-refractivity contribution in [2.75, 3.05) is 26.2 Å². The molecule has 1 aliphatic carbocycles. The van der Waals surface area contributed by atoms with Crippen LogP contribution in [0, 0.1) is 0 Å². The highest BCUT2D eigenvalue weighted by atomic mass is 79.9. The predicted octanol–water partition coefficient (Wildman–Crippen LogP) is 1.01. The molecule has 0 unspecified atom stereocenters. The quantitative estimate of drug-likeness (QED) is 0.779. The summed E-state index contributed by atoms with van der Waals surface area (Å²) in [4.78, 5) is 39.5. The molecule has 3 rings (SSSR count). The molecular weight excluding hydrogens is 362 g/mol. The zero-order valence-electron chi connectivity index (χ0n) is 12.6. The monoisotopic (exact) mass is 379 g/mol. The first kappa shape index (κ1) is 16.0. The standard InChI is InChI=1S/C16H18BrN3O3/c17-12-3-1-11(2-4-12)15(22)19-7-9-20(10-8-19)16(23)14(21)18-13-5-6-13/h1-4,13H,5-10H2,(H,18,21). The minimum atomic E-state index is -0.528. The summed E-state index contributed by atoms with van der Waals surface area (Å²) in [6.07, 6.45) is 1.91. The van der Waals surface area contributed by atoms with E-state index in [1.54, 1.807) is 17.0 Å². The number of carbonyl (C=O) groups is 3. The molecule has 2 aliphatic rings. The van der Waals surface area contributed by atoms with E-state index >= 15 is 0 Å². The lowest BCUT2D eigenvalue weighted by Gasteiger charge is -2.34. The van der Waals surface area contributed by atoms with Gasteiger partial charge in [-0.15, -0.1) is 0 Å². The van der Waals surface area contributed by atoms with E-state index in [1.165, 1.54) is 4.90 Å². The SMILES string of the molecule is O=C(NC1CC1)C(=O)N1CCN(C(=O)c2ccc(Br)cc2)CC1. The molecule has 0 spiro atoms. The Kier molecular flexibility index (Phi) is 4.66. The van der Waals surface area contributed by atoms with Gasteiger partial charge < -0.3 is 15.1 Å². The molecule has 23 heavy (non-hydrogen) atoms. The predicted molar refractivity (Wildman–Crippen MR) is 87.8 cm³/mol. The van der Waals surface area contributed by atoms with Gasteiger partial charge in [-0.3, -0.25) is 14.4 Å². The van der Waals surface area contributed by atoms with Gasteiger partial charge in [-0.05, 0) is 37.1 Å². The van der Waals surface area contributed by atoms with Crippen LogP contribution in [-0.2, 0) is 9.59 Å². The van der Waals surface area contributed by atoms with Crippen LogP contribution in [0.1, 0.15) is 23.2 Å². The molecule has 0 radical (unpaired) electrons. The molecule has 1 heterocycles. The maximum absolute atomic E-state index is 12.4. The fourth-order valence-corrected chi connectivity index (χ4v) is 2.77. The number of piperazine rings is 1. The minimum Gasteiger partial charge on any atom is -0.345 e. The summed E-state index contributed by atoms with van der Waals surface area (Å²) in [6, 6.07) is 7.37. The number of halogens is 1. The third-order valence-electron chi connectivity index (χ3n) is 4.05. The third kappa shape index (κ3) is 3.90. The average Bonchev–Trinajstić information content (AvgIpc) is 3.38. The average molecular weight is 380 g/mol. The van der Waals surface area contributed by atoms with E-state index in [4.69, 9.17) is 0 Å². The fourth-order valence-electron chi connectivity index (χ4n) is 2.51. The first-order valence-electron chi connectivity index (χ1n) is 7.69. The smallest absolute Gasteiger partial charge is 0.312 e. The highest BCUT2D eigenvalue weighted by molar-refractivity contribution is 9.10. The molecule has 0 bridgehead atoms. The van der Waals surface area contributed by atoms with E-state index < -0.39 is 11.8 Å². The zero-order valence-corrected chi connectivity index (χ0v) is 14.2. The largest absolute Gasteiger partial charge is 0.345 e. The number of hydrogen-bond donors (Lipinski definition) is 1. The number of amides is 3. The normalized spacial score (nSPS) is 17.8. The molecule has 0 atom stereocenters. The number of carbonyl (C=O) groups excluding carboxylic acids is 3. The van der Waals surface area contributed by atoms with Crippen LogP contribution in [0.2, 0.25) is 0 Å². The Hall–Kier alpha value is -1.89. The maximum atomic E-state index is 12.4. The van der Waals surface area contributed by atoms with Crippen molar-refractivity contribution in [3.05, 3.63) is 34.3 Å². The molecule has 1 N–H and O–H groups in total. The van der Waals surface area contributed by atoms with Crippen molar-refractivity contribution in [2.24, 2.45) is 0 Å². The molecule has 2 fully saturated rings. The van der Waals surface area contributed by atoms with Crippen molar-refractivity contribution in [1.82, 2.24) is 15.1 Å². The number of rotatable bonds is 2. The number of benzene rings is 1. The summed E-state index contributed by atoms with van der Waals surface area (Å²) in [7, 11) is 0. The summed E-state index contributed by atoms with van der Waals surface area (Å²) in [5.41, 5.74) is 0.624. The fraction of sp³-hybridized carbons (Fsp3) is 0.438. The van der Waals surface area contributed by atoms with Gasteiger partial charge in [-0.2, -0.15) is 0 Å². The topological polar surface area (TPSA) is 69.7 Å². The van der Waals surface area contributed by atoms with Crippen LogP contribution in [0.25, 0.3) is 0 Å². The molecule has 6 nitrogen and oxygen atoms in total. The Balaban J connectivity index is 1.53. The van der Waals surface area contributed by atoms with Crippen molar-refractivity contribution in [3.8, 4) is 0 Å². The van der Waals surface area contributed by atoms with Crippen molar-refractivity contribution in [1.29, 1.82) is 0 Å². The van der Waals surface area contributed by atoms with Gasteiger partial charge in [0.05, 0.1) is 0 Å². The molecular formula is C16H18BrN3O3. The minimum absolute atomic E-state index is 0.0490. The van der Waals surface area contributed by atoms with Gasteiger partial charge in [0, 0.05) is 42.3 Å². The van der Waals surface area contributed by atoms with Crippen molar-refractivity contribution in [2.45, 2.75) is 18.9 Å². The Labute approximate surface area is 142 Å². The first-order chi connectivity index (χ1) is 11.0. The van der Waals surface area contributed by atoms with E-state index in [0.29, 0.717) is 31.7 Å². The van der Waals surface area contributed by atoms with E-state index in [1.807, 2.05) is 12.1 Å².